The van der Waals surface area contributed by atoms with E-state index in [1.807, 2.05) is 43.0 Å². The topological polar surface area (TPSA) is 47.3 Å². The number of rotatable bonds is 9. The third-order valence-corrected chi connectivity index (χ3v) is 3.50. The van der Waals surface area contributed by atoms with E-state index in [9.17, 15) is 5.11 Å². The van der Waals surface area contributed by atoms with Crippen LogP contribution in [0, 0.1) is 0 Å². The first-order chi connectivity index (χ1) is 10.3. The second-order valence-electron chi connectivity index (χ2n) is 5.31. The Bertz CT molecular complexity index is 492. The maximum atomic E-state index is 9.43. The second kappa shape index (κ2) is 8.47. The molecule has 1 heterocycles. The molecule has 0 saturated carbocycles. The van der Waals surface area contributed by atoms with Gasteiger partial charge in [0.2, 0.25) is 0 Å². The van der Waals surface area contributed by atoms with Gasteiger partial charge in [-0.05, 0) is 37.5 Å². The van der Waals surface area contributed by atoms with Gasteiger partial charge in [0.1, 0.15) is 5.75 Å². The zero-order chi connectivity index (χ0) is 14.9. The van der Waals surface area contributed by atoms with E-state index in [0.717, 1.165) is 30.9 Å². The Hall–Kier alpha value is -1.81. The van der Waals surface area contributed by atoms with Gasteiger partial charge < -0.3 is 14.4 Å². The van der Waals surface area contributed by atoms with Crippen LogP contribution in [-0.2, 0) is 6.54 Å². The summed E-state index contributed by atoms with van der Waals surface area (Å²) in [5.41, 5.74) is 0.918. The van der Waals surface area contributed by atoms with Crippen LogP contribution in [0.5, 0.6) is 5.75 Å². The van der Waals surface area contributed by atoms with E-state index in [0.29, 0.717) is 0 Å². The van der Waals surface area contributed by atoms with Crippen molar-refractivity contribution in [3.63, 3.8) is 0 Å². The number of unbranched alkanes of at least 4 members (excludes halogenated alkanes) is 3. The lowest BCUT2D eigenvalue weighted by Gasteiger charge is -2.08. The molecule has 0 spiro atoms. The summed E-state index contributed by atoms with van der Waals surface area (Å²) in [5.74, 6) is 0.873. The summed E-state index contributed by atoms with van der Waals surface area (Å²) >= 11 is 0. The highest BCUT2D eigenvalue weighted by Crippen LogP contribution is 2.17. The average Bonchev–Trinajstić information content (AvgIpc) is 3.00. The number of nitrogens with zero attached hydrogens (tertiary/aromatic N) is 2. The lowest BCUT2D eigenvalue weighted by Crippen LogP contribution is -1.99. The molecule has 2 aromatic rings. The Kier molecular flexibility index (Phi) is 6.28. The van der Waals surface area contributed by atoms with Crippen molar-refractivity contribution in [1.82, 2.24) is 9.55 Å². The molecule has 0 bridgehead atoms. The normalized spacial score (nSPS) is 12.3. The summed E-state index contributed by atoms with van der Waals surface area (Å²) in [5, 5.41) is 9.43. The molecular formula is C17H24N2O2. The van der Waals surface area contributed by atoms with E-state index in [-0.39, 0.29) is 0 Å². The number of aliphatic hydroxyl groups is 1. The van der Waals surface area contributed by atoms with Crippen molar-refractivity contribution in [1.29, 1.82) is 0 Å². The number of hydrogen-bond donors (Lipinski definition) is 1. The molecule has 21 heavy (non-hydrogen) atoms. The molecule has 4 nitrogen and oxygen atoms in total. The van der Waals surface area contributed by atoms with Crippen LogP contribution in [-0.4, -0.2) is 21.3 Å². The highest BCUT2D eigenvalue weighted by Gasteiger charge is 2.00. The number of aliphatic hydroxyl groups excluding tert-OH is 1. The van der Waals surface area contributed by atoms with Crippen LogP contribution in [0.15, 0.2) is 43.0 Å². The van der Waals surface area contributed by atoms with Crippen LogP contribution < -0.4 is 4.74 Å². The fourth-order valence-electron chi connectivity index (χ4n) is 2.20. The van der Waals surface area contributed by atoms with Crippen LogP contribution in [0.25, 0.3) is 0 Å². The molecule has 0 aliphatic heterocycles. The van der Waals surface area contributed by atoms with E-state index in [1.54, 1.807) is 6.92 Å². The Morgan fingerprint density at radius 1 is 1.14 bits per heavy atom. The zero-order valence-electron chi connectivity index (χ0n) is 12.6. The third-order valence-electron chi connectivity index (χ3n) is 3.50. The van der Waals surface area contributed by atoms with Gasteiger partial charge in [-0.25, -0.2) is 4.98 Å². The van der Waals surface area contributed by atoms with Crippen molar-refractivity contribution in [2.75, 3.05) is 6.61 Å². The Morgan fingerprint density at radius 2 is 1.90 bits per heavy atom. The SMILES string of the molecule is CC(O)c1ccc(OCCCCCCn2ccnc2)cc1. The lowest BCUT2D eigenvalue weighted by atomic mass is 10.1. The molecule has 0 saturated heterocycles. The minimum atomic E-state index is -0.422. The molecule has 0 aliphatic rings. The fraction of sp³-hybridized carbons (Fsp3) is 0.471. The van der Waals surface area contributed by atoms with Crippen LogP contribution in [0.2, 0.25) is 0 Å². The van der Waals surface area contributed by atoms with E-state index in [4.69, 9.17) is 4.74 Å². The number of imidazole rings is 1. The minimum Gasteiger partial charge on any atom is -0.494 e. The van der Waals surface area contributed by atoms with Crippen LogP contribution in [0.1, 0.15) is 44.3 Å². The number of ether oxygens (including phenoxy) is 1. The minimum absolute atomic E-state index is 0.422. The van der Waals surface area contributed by atoms with E-state index in [1.165, 1.54) is 19.3 Å². The van der Waals surface area contributed by atoms with Gasteiger partial charge >= 0.3 is 0 Å². The summed E-state index contributed by atoms with van der Waals surface area (Å²) in [6.07, 6.45) is 9.90. The molecule has 1 N–H and O–H groups in total. The highest BCUT2D eigenvalue weighted by molar-refractivity contribution is 5.28. The van der Waals surface area contributed by atoms with E-state index in [2.05, 4.69) is 9.55 Å². The molecule has 4 heteroatoms. The largest absolute Gasteiger partial charge is 0.494 e. The van der Waals surface area contributed by atoms with Crippen LogP contribution >= 0.6 is 0 Å². The van der Waals surface area contributed by atoms with E-state index < -0.39 is 6.10 Å². The molecule has 2 rings (SSSR count). The monoisotopic (exact) mass is 288 g/mol. The summed E-state index contributed by atoms with van der Waals surface area (Å²) in [6.45, 7) is 3.56. The molecule has 1 atom stereocenters. The fourth-order valence-corrected chi connectivity index (χ4v) is 2.20. The Morgan fingerprint density at radius 3 is 2.57 bits per heavy atom. The molecule has 1 unspecified atom stereocenters. The van der Waals surface area contributed by atoms with Gasteiger partial charge in [0.25, 0.3) is 0 Å². The Balaban J connectivity index is 1.53. The second-order valence-corrected chi connectivity index (χ2v) is 5.31. The lowest BCUT2D eigenvalue weighted by molar-refractivity contribution is 0.199. The number of benzene rings is 1. The first-order valence-electron chi connectivity index (χ1n) is 7.62. The molecule has 114 valence electrons. The van der Waals surface area contributed by atoms with Crippen molar-refractivity contribution >= 4 is 0 Å². The third kappa shape index (κ3) is 5.60. The van der Waals surface area contributed by atoms with Crippen molar-refractivity contribution < 1.29 is 9.84 Å². The van der Waals surface area contributed by atoms with Crippen molar-refractivity contribution in [3.05, 3.63) is 48.5 Å². The molecule has 0 fully saturated rings. The van der Waals surface area contributed by atoms with Gasteiger partial charge in [-0.3, -0.25) is 0 Å². The summed E-state index contributed by atoms with van der Waals surface area (Å²) in [7, 11) is 0. The van der Waals surface area contributed by atoms with Crippen molar-refractivity contribution in [2.45, 2.75) is 45.3 Å². The zero-order valence-corrected chi connectivity index (χ0v) is 12.6. The molecule has 0 aliphatic carbocycles. The smallest absolute Gasteiger partial charge is 0.119 e. The molecule has 0 amide bonds. The van der Waals surface area contributed by atoms with Gasteiger partial charge in [-0.15, -0.1) is 0 Å². The number of hydrogen-bond acceptors (Lipinski definition) is 3. The first-order valence-corrected chi connectivity index (χ1v) is 7.62. The van der Waals surface area contributed by atoms with E-state index >= 15 is 0 Å². The van der Waals surface area contributed by atoms with Crippen LogP contribution in [0.4, 0.5) is 0 Å². The summed E-state index contributed by atoms with van der Waals surface area (Å²) < 4.78 is 7.81. The van der Waals surface area contributed by atoms with Crippen molar-refractivity contribution in [3.8, 4) is 5.75 Å². The van der Waals surface area contributed by atoms with Gasteiger partial charge in [0, 0.05) is 18.9 Å². The van der Waals surface area contributed by atoms with Crippen molar-refractivity contribution in [2.24, 2.45) is 0 Å². The van der Waals surface area contributed by atoms with Gasteiger partial charge in [0.05, 0.1) is 19.0 Å². The summed E-state index contributed by atoms with van der Waals surface area (Å²) in [6, 6.07) is 7.65. The quantitative estimate of drug-likeness (QED) is 0.717. The number of aromatic nitrogens is 2. The maximum absolute atomic E-state index is 9.43. The maximum Gasteiger partial charge on any atom is 0.119 e. The summed E-state index contributed by atoms with van der Waals surface area (Å²) in [4.78, 5) is 4.03. The predicted octanol–water partition coefficient (Wildman–Crippen LogP) is 3.58. The average molecular weight is 288 g/mol. The number of aryl methyl sites for hydroxylation is 1. The first kappa shape index (κ1) is 15.6. The Labute approximate surface area is 126 Å². The van der Waals surface area contributed by atoms with Gasteiger partial charge in [-0.1, -0.05) is 25.0 Å². The van der Waals surface area contributed by atoms with Gasteiger partial charge in [-0.2, -0.15) is 0 Å². The predicted molar refractivity (Wildman–Crippen MR) is 83.3 cm³/mol. The molecular weight excluding hydrogens is 264 g/mol. The van der Waals surface area contributed by atoms with Crippen LogP contribution in [0.3, 0.4) is 0 Å². The van der Waals surface area contributed by atoms with Gasteiger partial charge in [0.15, 0.2) is 0 Å². The molecule has 1 aromatic carbocycles. The highest BCUT2D eigenvalue weighted by atomic mass is 16.5. The standard InChI is InChI=1S/C17H24N2O2/c1-15(20)16-6-8-17(9-7-16)21-13-5-3-2-4-11-19-12-10-18-14-19/h6-10,12,14-15,20H,2-5,11,13H2,1H3. The molecule has 1 aromatic heterocycles. The molecule has 0 radical (unpaired) electrons.